The van der Waals surface area contributed by atoms with Crippen molar-refractivity contribution in [3.8, 4) is 0 Å². The molecule has 0 bridgehead atoms. The van der Waals surface area contributed by atoms with Crippen LogP contribution in [0, 0.1) is 12.8 Å². The van der Waals surface area contributed by atoms with Crippen molar-refractivity contribution in [1.29, 1.82) is 0 Å². The molecule has 8 heteroatoms. The molecule has 4 heterocycles. The number of nitrogens with one attached hydrogen (secondary N) is 1. The van der Waals surface area contributed by atoms with Crippen LogP contribution in [-0.4, -0.2) is 38.5 Å². The van der Waals surface area contributed by atoms with Gasteiger partial charge in [-0.1, -0.05) is 12.5 Å². The zero-order valence-corrected chi connectivity index (χ0v) is 19.4. The zero-order chi connectivity index (χ0) is 21.4. The molecule has 7 nitrogen and oxygen atoms in total. The topological polar surface area (TPSA) is 75.9 Å². The second-order valence-electron chi connectivity index (χ2n) is 8.62. The lowest BCUT2D eigenvalue weighted by Crippen LogP contribution is -2.41. The van der Waals surface area contributed by atoms with E-state index in [1.165, 1.54) is 19.3 Å². The van der Waals surface area contributed by atoms with Gasteiger partial charge in [0.05, 0.1) is 11.6 Å². The Bertz CT molecular complexity index is 1130. The molecule has 3 aromatic rings. The smallest absolute Gasteiger partial charge is 0.229 e. The van der Waals surface area contributed by atoms with Crippen molar-refractivity contribution < 1.29 is 4.79 Å². The lowest BCUT2D eigenvalue weighted by molar-refractivity contribution is -0.120. The number of anilines is 2. The molecule has 0 saturated carbocycles. The first-order valence-electron chi connectivity index (χ1n) is 11.1. The fourth-order valence-electron chi connectivity index (χ4n) is 4.70. The first-order chi connectivity index (χ1) is 15.1. The summed E-state index contributed by atoms with van der Waals surface area (Å²) in [5, 5.41) is 3.10. The summed E-state index contributed by atoms with van der Waals surface area (Å²) >= 11 is 3.56. The van der Waals surface area contributed by atoms with Crippen molar-refractivity contribution in [3.63, 3.8) is 0 Å². The fraction of sp³-hybridized carbons (Fsp3) is 0.478. The average Bonchev–Trinajstić information content (AvgIpc) is 2.96. The summed E-state index contributed by atoms with van der Waals surface area (Å²) in [6, 6.07) is 5.97. The van der Waals surface area contributed by atoms with Crippen molar-refractivity contribution in [2.75, 3.05) is 23.3 Å². The van der Waals surface area contributed by atoms with E-state index in [0.29, 0.717) is 6.54 Å². The van der Waals surface area contributed by atoms with Crippen LogP contribution in [0.15, 0.2) is 29.0 Å². The Balaban J connectivity index is 1.38. The summed E-state index contributed by atoms with van der Waals surface area (Å²) in [5.74, 6) is 1.94. The molecule has 5 rings (SSSR count). The van der Waals surface area contributed by atoms with Gasteiger partial charge in [-0.05, 0) is 66.2 Å². The minimum absolute atomic E-state index is 0.0557. The molecule has 1 amide bonds. The first kappa shape index (κ1) is 20.4. The largest absolute Gasteiger partial charge is 0.354 e. The lowest BCUT2D eigenvalue weighted by Gasteiger charge is -2.32. The molecule has 2 aromatic heterocycles. The molecule has 1 atom stereocenters. The summed E-state index contributed by atoms with van der Waals surface area (Å²) in [4.78, 5) is 29.3. The van der Waals surface area contributed by atoms with E-state index in [2.05, 4.69) is 40.7 Å². The molecule has 1 fully saturated rings. The number of hydrogen-bond acceptors (Lipinski definition) is 5. The van der Waals surface area contributed by atoms with Gasteiger partial charge in [0.2, 0.25) is 5.91 Å². The van der Waals surface area contributed by atoms with Gasteiger partial charge in [0.1, 0.15) is 12.2 Å². The number of amides is 1. The van der Waals surface area contributed by atoms with Gasteiger partial charge in [0, 0.05) is 30.5 Å². The van der Waals surface area contributed by atoms with E-state index in [0.717, 1.165) is 70.9 Å². The third kappa shape index (κ3) is 4.05. The molecule has 2 aliphatic heterocycles. The van der Waals surface area contributed by atoms with Crippen molar-refractivity contribution in [1.82, 2.24) is 19.5 Å². The number of carbonyl (C=O) groups excluding carboxylic acids is 1. The highest BCUT2D eigenvalue weighted by Gasteiger charge is 2.29. The molecular weight excluding hydrogens is 456 g/mol. The van der Waals surface area contributed by atoms with Crippen LogP contribution in [0.4, 0.5) is 11.5 Å². The normalized spacial score (nSPS) is 19.2. The molecule has 1 aromatic carbocycles. The van der Waals surface area contributed by atoms with Crippen LogP contribution in [-0.2, 0) is 17.8 Å². The highest BCUT2D eigenvalue weighted by atomic mass is 79.9. The summed E-state index contributed by atoms with van der Waals surface area (Å²) in [7, 11) is 0. The third-order valence-corrected chi connectivity index (χ3v) is 7.00. The number of imidazole rings is 1. The molecule has 1 N–H and O–H groups in total. The Kier molecular flexibility index (Phi) is 5.65. The molecule has 0 spiro atoms. The van der Waals surface area contributed by atoms with Gasteiger partial charge in [0.25, 0.3) is 0 Å². The number of benzene rings is 1. The van der Waals surface area contributed by atoms with Crippen molar-refractivity contribution in [2.24, 2.45) is 5.92 Å². The minimum Gasteiger partial charge on any atom is -0.354 e. The maximum Gasteiger partial charge on any atom is 0.229 e. The predicted molar refractivity (Wildman–Crippen MR) is 125 cm³/mol. The quantitative estimate of drug-likeness (QED) is 0.595. The number of piperidine rings is 1. The number of hydrogen-bond donors (Lipinski definition) is 1. The van der Waals surface area contributed by atoms with Gasteiger partial charge in [-0.25, -0.2) is 15.0 Å². The van der Waals surface area contributed by atoms with E-state index >= 15 is 0 Å². The minimum atomic E-state index is -0.0904. The number of aromatic nitrogens is 4. The summed E-state index contributed by atoms with van der Waals surface area (Å²) in [6.07, 6.45) is 8.04. The zero-order valence-electron chi connectivity index (χ0n) is 17.8. The average molecular weight is 483 g/mol. The molecule has 0 radical (unpaired) electrons. The van der Waals surface area contributed by atoms with E-state index in [-0.39, 0.29) is 11.8 Å². The molecule has 1 saturated heterocycles. The predicted octanol–water partition coefficient (Wildman–Crippen LogP) is 4.48. The van der Waals surface area contributed by atoms with Crippen molar-refractivity contribution in [3.05, 3.63) is 40.4 Å². The van der Waals surface area contributed by atoms with Crippen LogP contribution in [0.2, 0.25) is 0 Å². The van der Waals surface area contributed by atoms with Crippen LogP contribution in [0.1, 0.15) is 43.5 Å². The van der Waals surface area contributed by atoms with Crippen molar-refractivity contribution >= 4 is 44.5 Å². The van der Waals surface area contributed by atoms with Crippen LogP contribution >= 0.6 is 15.9 Å². The van der Waals surface area contributed by atoms with Crippen LogP contribution < -0.4 is 10.2 Å². The van der Waals surface area contributed by atoms with E-state index in [1.54, 1.807) is 6.33 Å². The highest BCUT2D eigenvalue weighted by Crippen LogP contribution is 2.30. The third-order valence-electron chi connectivity index (χ3n) is 6.35. The second-order valence-corrected chi connectivity index (χ2v) is 9.47. The van der Waals surface area contributed by atoms with Crippen LogP contribution in [0.5, 0.6) is 0 Å². The van der Waals surface area contributed by atoms with Crippen molar-refractivity contribution in [2.45, 2.75) is 52.0 Å². The van der Waals surface area contributed by atoms with E-state index < -0.39 is 0 Å². The molecule has 31 heavy (non-hydrogen) atoms. The molecular formula is C23H27BrN6O. The van der Waals surface area contributed by atoms with Gasteiger partial charge in [-0.2, -0.15) is 0 Å². The van der Waals surface area contributed by atoms with Gasteiger partial charge >= 0.3 is 0 Å². The van der Waals surface area contributed by atoms with E-state index in [9.17, 15) is 4.79 Å². The van der Waals surface area contributed by atoms with E-state index in [1.807, 2.05) is 25.1 Å². The maximum atomic E-state index is 13.0. The Labute approximate surface area is 190 Å². The number of carbonyl (C=O) groups is 1. The molecule has 0 unspecified atom stereocenters. The Morgan fingerprint density at radius 3 is 2.94 bits per heavy atom. The summed E-state index contributed by atoms with van der Waals surface area (Å²) in [5.41, 5.74) is 3.77. The standard InChI is InChI=1S/C23H27BrN6O/c1-15-8-9-18(17(24)12-15)27-23(31)16-6-5-10-29(13-16)21-20-22(26-14-25-21)30-11-4-2-3-7-19(30)28-20/h8-9,12,14,16H,2-7,10-11,13H2,1H3,(H,27,31)/t16-/m0/s1. The molecule has 0 aliphatic carbocycles. The summed E-state index contributed by atoms with van der Waals surface area (Å²) < 4.78 is 3.17. The number of rotatable bonds is 3. The highest BCUT2D eigenvalue weighted by molar-refractivity contribution is 9.10. The lowest BCUT2D eigenvalue weighted by atomic mass is 9.97. The Hall–Kier alpha value is -2.48. The van der Waals surface area contributed by atoms with Gasteiger partial charge in [0.15, 0.2) is 17.0 Å². The Morgan fingerprint density at radius 1 is 1.16 bits per heavy atom. The van der Waals surface area contributed by atoms with Gasteiger partial charge < -0.3 is 14.8 Å². The van der Waals surface area contributed by atoms with Crippen LogP contribution in [0.25, 0.3) is 11.2 Å². The maximum absolute atomic E-state index is 13.0. The summed E-state index contributed by atoms with van der Waals surface area (Å²) in [6.45, 7) is 4.53. The number of fused-ring (bicyclic) bond motifs is 3. The monoisotopic (exact) mass is 482 g/mol. The molecule has 2 aliphatic rings. The Morgan fingerprint density at radius 2 is 2.06 bits per heavy atom. The number of halogens is 1. The van der Waals surface area contributed by atoms with Gasteiger partial charge in [-0.3, -0.25) is 4.79 Å². The SMILES string of the molecule is Cc1ccc(NC(=O)[C@H]2CCCN(c3ncnc4c3nc3n4CCCCC3)C2)c(Br)c1. The number of nitrogens with zero attached hydrogens (tertiary/aromatic N) is 5. The fourth-order valence-corrected chi connectivity index (χ4v) is 5.29. The molecule has 162 valence electrons. The second kappa shape index (κ2) is 8.57. The number of aryl methyl sites for hydroxylation is 3. The van der Waals surface area contributed by atoms with Gasteiger partial charge in [-0.15, -0.1) is 0 Å². The first-order valence-corrected chi connectivity index (χ1v) is 11.9. The van der Waals surface area contributed by atoms with E-state index in [4.69, 9.17) is 4.98 Å². The van der Waals surface area contributed by atoms with Crippen LogP contribution in [0.3, 0.4) is 0 Å².